The van der Waals surface area contributed by atoms with Crippen LogP contribution in [0.15, 0.2) is 24.3 Å². The first kappa shape index (κ1) is 15.7. The van der Waals surface area contributed by atoms with Gasteiger partial charge in [0, 0.05) is 5.56 Å². The fourth-order valence-electron chi connectivity index (χ4n) is 3.10. The fourth-order valence-corrected chi connectivity index (χ4v) is 3.10. The topological polar surface area (TPSA) is 44.1 Å². The highest BCUT2D eigenvalue weighted by molar-refractivity contribution is 5.97. The van der Waals surface area contributed by atoms with Crippen LogP contribution in [-0.4, -0.2) is 30.3 Å². The molecule has 0 aliphatic carbocycles. The minimum Gasteiger partial charge on any atom is -0.296 e. The zero-order valence-electron chi connectivity index (χ0n) is 12.8. The molecule has 2 rings (SSSR count). The van der Waals surface area contributed by atoms with Crippen LogP contribution in [0.5, 0.6) is 0 Å². The number of likely N-dealkylation sites (tertiary alicyclic amines) is 1. The summed E-state index contributed by atoms with van der Waals surface area (Å²) >= 11 is 0. The van der Waals surface area contributed by atoms with Gasteiger partial charge in [-0.05, 0) is 50.4 Å². The van der Waals surface area contributed by atoms with Gasteiger partial charge < -0.3 is 0 Å². The zero-order valence-corrected chi connectivity index (χ0v) is 12.8. The Bertz CT molecular complexity index is 501. The lowest BCUT2D eigenvalue weighted by atomic mass is 9.96. The van der Waals surface area contributed by atoms with Crippen molar-refractivity contribution >= 4 is 5.78 Å². The van der Waals surface area contributed by atoms with Gasteiger partial charge >= 0.3 is 0 Å². The molecule has 1 unspecified atom stereocenters. The normalized spacial score (nSPS) is 19.7. The van der Waals surface area contributed by atoms with Gasteiger partial charge in [-0.3, -0.25) is 9.69 Å². The molecular weight excluding hydrogens is 260 g/mol. The standard InChI is InChI=1S/C18H24N2O/c1-2-4-15-5-3-11-20(12-10-15)14-18(21)17-8-6-16(13-19)7-9-17/h6-9,15H,2-5,10-12,14H2,1H3. The van der Waals surface area contributed by atoms with Crippen molar-refractivity contribution in [2.24, 2.45) is 5.92 Å². The van der Waals surface area contributed by atoms with Gasteiger partial charge in [0.15, 0.2) is 5.78 Å². The first-order valence-electron chi connectivity index (χ1n) is 7.98. The van der Waals surface area contributed by atoms with Gasteiger partial charge in [0.2, 0.25) is 0 Å². The first-order valence-corrected chi connectivity index (χ1v) is 7.98. The Balaban J connectivity index is 1.88. The van der Waals surface area contributed by atoms with E-state index in [1.807, 2.05) is 0 Å². The molecule has 1 aromatic carbocycles. The summed E-state index contributed by atoms with van der Waals surface area (Å²) < 4.78 is 0. The Kier molecular flexibility index (Phi) is 5.95. The summed E-state index contributed by atoms with van der Waals surface area (Å²) in [5.41, 5.74) is 1.31. The minimum atomic E-state index is 0.161. The minimum absolute atomic E-state index is 0.161. The van der Waals surface area contributed by atoms with Crippen LogP contribution in [0.3, 0.4) is 0 Å². The summed E-state index contributed by atoms with van der Waals surface area (Å²) in [4.78, 5) is 14.6. The average Bonchev–Trinajstić information content (AvgIpc) is 2.73. The first-order chi connectivity index (χ1) is 10.2. The SMILES string of the molecule is CCCC1CCCN(CC(=O)c2ccc(C#N)cc2)CC1. The molecule has 1 aliphatic heterocycles. The highest BCUT2D eigenvalue weighted by Crippen LogP contribution is 2.22. The van der Waals surface area contributed by atoms with Crippen LogP contribution in [0, 0.1) is 17.2 Å². The molecule has 0 bridgehead atoms. The highest BCUT2D eigenvalue weighted by Gasteiger charge is 2.18. The van der Waals surface area contributed by atoms with Crippen LogP contribution in [0.25, 0.3) is 0 Å². The van der Waals surface area contributed by atoms with E-state index < -0.39 is 0 Å². The lowest BCUT2D eigenvalue weighted by Gasteiger charge is -2.19. The lowest BCUT2D eigenvalue weighted by molar-refractivity contribution is 0.0932. The summed E-state index contributed by atoms with van der Waals surface area (Å²) in [6.45, 7) is 4.82. The maximum atomic E-state index is 12.3. The number of benzene rings is 1. The van der Waals surface area contributed by atoms with Crippen molar-refractivity contribution in [2.75, 3.05) is 19.6 Å². The van der Waals surface area contributed by atoms with E-state index in [-0.39, 0.29) is 5.78 Å². The number of carbonyl (C=O) groups excluding carboxylic acids is 1. The van der Waals surface area contributed by atoms with Gasteiger partial charge in [-0.15, -0.1) is 0 Å². The maximum Gasteiger partial charge on any atom is 0.176 e. The Morgan fingerprint density at radius 2 is 2.05 bits per heavy atom. The van der Waals surface area contributed by atoms with E-state index in [0.29, 0.717) is 17.7 Å². The second-order valence-electron chi connectivity index (χ2n) is 5.97. The third-order valence-electron chi connectivity index (χ3n) is 4.34. The van der Waals surface area contributed by atoms with Gasteiger partial charge in [-0.1, -0.05) is 31.9 Å². The predicted octanol–water partition coefficient (Wildman–Crippen LogP) is 3.64. The molecule has 0 N–H and O–H groups in total. The molecule has 0 amide bonds. The van der Waals surface area contributed by atoms with Crippen LogP contribution in [0.4, 0.5) is 0 Å². The third kappa shape index (κ3) is 4.68. The third-order valence-corrected chi connectivity index (χ3v) is 4.34. The van der Waals surface area contributed by atoms with Crippen molar-refractivity contribution in [2.45, 2.75) is 39.0 Å². The van der Waals surface area contributed by atoms with E-state index >= 15 is 0 Å². The summed E-state index contributed by atoms with van der Waals surface area (Å²) in [5, 5.41) is 8.78. The second kappa shape index (κ2) is 7.95. The molecule has 1 atom stereocenters. The van der Waals surface area contributed by atoms with E-state index in [4.69, 9.17) is 5.26 Å². The summed E-state index contributed by atoms with van der Waals surface area (Å²) in [6, 6.07) is 9.03. The van der Waals surface area contributed by atoms with Gasteiger partial charge in [0.25, 0.3) is 0 Å². The van der Waals surface area contributed by atoms with Gasteiger partial charge in [0.05, 0.1) is 18.2 Å². The number of rotatable bonds is 5. The molecule has 21 heavy (non-hydrogen) atoms. The molecule has 1 heterocycles. The van der Waals surface area contributed by atoms with Crippen molar-refractivity contribution < 1.29 is 4.79 Å². The van der Waals surface area contributed by atoms with Crippen LogP contribution >= 0.6 is 0 Å². The van der Waals surface area contributed by atoms with E-state index in [0.717, 1.165) is 19.0 Å². The average molecular weight is 284 g/mol. The number of carbonyl (C=O) groups is 1. The Morgan fingerprint density at radius 1 is 1.29 bits per heavy atom. The Morgan fingerprint density at radius 3 is 2.71 bits per heavy atom. The van der Waals surface area contributed by atoms with Gasteiger partial charge in [0.1, 0.15) is 0 Å². The maximum absolute atomic E-state index is 12.3. The molecule has 1 aliphatic rings. The highest BCUT2D eigenvalue weighted by atomic mass is 16.1. The quantitative estimate of drug-likeness (QED) is 0.775. The lowest BCUT2D eigenvalue weighted by Crippen LogP contribution is -2.31. The number of hydrogen-bond acceptors (Lipinski definition) is 3. The molecular formula is C18H24N2O. The summed E-state index contributed by atoms with van der Waals surface area (Å²) in [6.07, 6.45) is 6.29. The number of Topliss-reactive ketones (excluding diaryl/α,β-unsaturated/α-hetero) is 1. The second-order valence-corrected chi connectivity index (χ2v) is 5.97. The largest absolute Gasteiger partial charge is 0.296 e. The van der Waals surface area contributed by atoms with E-state index in [1.54, 1.807) is 24.3 Å². The Hall–Kier alpha value is -1.66. The molecule has 3 nitrogen and oxygen atoms in total. The molecule has 0 aromatic heterocycles. The van der Waals surface area contributed by atoms with Crippen LogP contribution in [0.2, 0.25) is 0 Å². The van der Waals surface area contributed by atoms with E-state index in [1.165, 1.54) is 32.1 Å². The molecule has 0 saturated carbocycles. The van der Waals surface area contributed by atoms with Crippen molar-refractivity contribution in [1.29, 1.82) is 5.26 Å². The number of nitriles is 1. The smallest absolute Gasteiger partial charge is 0.176 e. The zero-order chi connectivity index (χ0) is 15.1. The van der Waals surface area contributed by atoms with Crippen LogP contribution in [0.1, 0.15) is 54.9 Å². The number of ketones is 1. The van der Waals surface area contributed by atoms with Crippen LogP contribution < -0.4 is 0 Å². The van der Waals surface area contributed by atoms with Crippen LogP contribution in [-0.2, 0) is 0 Å². The van der Waals surface area contributed by atoms with Gasteiger partial charge in [-0.2, -0.15) is 5.26 Å². The number of nitrogens with zero attached hydrogens (tertiary/aromatic N) is 2. The summed E-state index contributed by atoms with van der Waals surface area (Å²) in [5.74, 6) is 0.999. The predicted molar refractivity (Wildman–Crippen MR) is 84.2 cm³/mol. The summed E-state index contributed by atoms with van der Waals surface area (Å²) in [7, 11) is 0. The molecule has 1 saturated heterocycles. The van der Waals surface area contributed by atoms with Gasteiger partial charge in [-0.25, -0.2) is 0 Å². The van der Waals surface area contributed by atoms with Crippen molar-refractivity contribution in [3.8, 4) is 6.07 Å². The fraction of sp³-hybridized carbons (Fsp3) is 0.556. The Labute approximate surface area is 127 Å². The molecule has 3 heteroatoms. The van der Waals surface area contributed by atoms with Crippen molar-refractivity contribution in [1.82, 2.24) is 4.90 Å². The molecule has 1 aromatic rings. The van der Waals surface area contributed by atoms with E-state index in [2.05, 4.69) is 17.9 Å². The molecule has 112 valence electrons. The van der Waals surface area contributed by atoms with Crippen molar-refractivity contribution in [3.05, 3.63) is 35.4 Å². The monoisotopic (exact) mass is 284 g/mol. The van der Waals surface area contributed by atoms with E-state index in [9.17, 15) is 4.79 Å². The van der Waals surface area contributed by atoms with Crippen molar-refractivity contribution in [3.63, 3.8) is 0 Å². The number of hydrogen-bond donors (Lipinski definition) is 0. The molecule has 1 fully saturated rings. The molecule has 0 radical (unpaired) electrons. The molecule has 0 spiro atoms.